The molecule has 2 atom stereocenters. The number of carbonyl (C=O) groups is 2. The highest BCUT2D eigenvalue weighted by atomic mass is 16.5. The highest BCUT2D eigenvalue weighted by Crippen LogP contribution is 2.27. The van der Waals surface area contributed by atoms with Gasteiger partial charge in [-0.1, -0.05) is 38.1 Å². The Balaban J connectivity index is 1.67. The molecule has 1 aliphatic rings. The summed E-state index contributed by atoms with van der Waals surface area (Å²) in [4.78, 5) is 27.4. The minimum Gasteiger partial charge on any atom is -0.493 e. The summed E-state index contributed by atoms with van der Waals surface area (Å²) in [6, 6.07) is 14.2. The molecule has 6 nitrogen and oxygen atoms in total. The maximum Gasteiger partial charge on any atom is 0.262 e. The Morgan fingerprint density at radius 3 is 2.31 bits per heavy atom. The molecule has 3 rings (SSSR count). The monoisotopic (exact) mass is 396 g/mol. The van der Waals surface area contributed by atoms with Gasteiger partial charge in [0.05, 0.1) is 18.4 Å². The van der Waals surface area contributed by atoms with Crippen LogP contribution in [0.2, 0.25) is 0 Å². The number of nitrogens with one attached hydrogen (secondary N) is 1. The lowest BCUT2D eigenvalue weighted by Crippen LogP contribution is -2.42. The predicted molar refractivity (Wildman–Crippen MR) is 112 cm³/mol. The molecule has 1 heterocycles. The minimum atomic E-state index is -0.337. The predicted octanol–water partition coefficient (Wildman–Crippen LogP) is 3.83. The molecule has 0 aromatic heterocycles. The third kappa shape index (κ3) is 5.28. The number of rotatable bonds is 6. The maximum atomic E-state index is 13.1. The fourth-order valence-electron chi connectivity index (χ4n) is 3.85. The third-order valence-electron chi connectivity index (χ3n) is 5.02. The van der Waals surface area contributed by atoms with Gasteiger partial charge in [-0.25, -0.2) is 0 Å². The van der Waals surface area contributed by atoms with E-state index >= 15 is 0 Å². The van der Waals surface area contributed by atoms with Crippen molar-refractivity contribution >= 4 is 17.5 Å². The van der Waals surface area contributed by atoms with E-state index in [0.29, 0.717) is 34.6 Å². The van der Waals surface area contributed by atoms with Crippen LogP contribution in [0, 0.1) is 11.8 Å². The molecule has 2 aromatic rings. The number of carbonyl (C=O) groups excluding carboxylic acids is 2. The first-order valence-electron chi connectivity index (χ1n) is 9.92. The number of nitrogens with zero attached hydrogens (tertiary/aromatic N) is 1. The number of methoxy groups -OCH3 is 1. The number of anilines is 1. The van der Waals surface area contributed by atoms with Crippen molar-refractivity contribution in [2.45, 2.75) is 20.3 Å². The van der Waals surface area contributed by atoms with Gasteiger partial charge in [0.1, 0.15) is 0 Å². The molecule has 1 fully saturated rings. The van der Waals surface area contributed by atoms with E-state index in [0.717, 1.165) is 19.5 Å². The summed E-state index contributed by atoms with van der Waals surface area (Å²) in [6.45, 7) is 5.63. The number of hydrogen-bond donors (Lipinski definition) is 1. The maximum absolute atomic E-state index is 13.1. The number of hydrogen-bond acceptors (Lipinski definition) is 4. The summed E-state index contributed by atoms with van der Waals surface area (Å²) in [5.41, 5.74) is 0.997. The number of benzene rings is 2. The van der Waals surface area contributed by atoms with Crippen LogP contribution in [0.3, 0.4) is 0 Å². The van der Waals surface area contributed by atoms with E-state index in [9.17, 15) is 9.59 Å². The Morgan fingerprint density at radius 1 is 1.00 bits per heavy atom. The summed E-state index contributed by atoms with van der Waals surface area (Å²) >= 11 is 0. The van der Waals surface area contributed by atoms with Crippen LogP contribution >= 0.6 is 0 Å². The zero-order chi connectivity index (χ0) is 20.8. The van der Waals surface area contributed by atoms with E-state index in [1.54, 1.807) is 37.4 Å². The SMILES string of the molecule is COc1ccccc1OCC(=O)Nc1ccccc1C(=O)N1CC(C)CC(C)C1. The van der Waals surface area contributed by atoms with Gasteiger partial charge in [-0.15, -0.1) is 0 Å². The van der Waals surface area contributed by atoms with Crippen LogP contribution in [0.4, 0.5) is 5.69 Å². The number of piperidine rings is 1. The van der Waals surface area contributed by atoms with Crippen LogP contribution in [0.15, 0.2) is 48.5 Å². The van der Waals surface area contributed by atoms with E-state index in [4.69, 9.17) is 9.47 Å². The number of amides is 2. The topological polar surface area (TPSA) is 67.9 Å². The van der Waals surface area contributed by atoms with E-state index in [-0.39, 0.29) is 18.4 Å². The Hall–Kier alpha value is -3.02. The van der Waals surface area contributed by atoms with Crippen molar-refractivity contribution < 1.29 is 19.1 Å². The molecule has 0 radical (unpaired) electrons. The zero-order valence-corrected chi connectivity index (χ0v) is 17.2. The minimum absolute atomic E-state index is 0.0510. The molecule has 0 saturated carbocycles. The molecule has 1 aliphatic heterocycles. The molecule has 0 bridgehead atoms. The molecule has 0 spiro atoms. The van der Waals surface area contributed by atoms with Gasteiger partial charge in [0.25, 0.3) is 11.8 Å². The molecular formula is C23H28N2O4. The summed E-state index contributed by atoms with van der Waals surface area (Å²) < 4.78 is 10.8. The van der Waals surface area contributed by atoms with Gasteiger partial charge in [-0.2, -0.15) is 0 Å². The molecule has 1 N–H and O–H groups in total. The zero-order valence-electron chi connectivity index (χ0n) is 17.2. The van der Waals surface area contributed by atoms with Crippen LogP contribution in [-0.2, 0) is 4.79 Å². The Kier molecular flexibility index (Phi) is 6.75. The second-order valence-corrected chi connectivity index (χ2v) is 7.69. The van der Waals surface area contributed by atoms with Gasteiger partial charge in [0.2, 0.25) is 0 Å². The summed E-state index contributed by atoms with van der Waals surface area (Å²) in [7, 11) is 1.55. The van der Waals surface area contributed by atoms with Gasteiger partial charge in [-0.05, 0) is 42.5 Å². The first-order chi connectivity index (χ1) is 14.0. The van der Waals surface area contributed by atoms with Crippen LogP contribution in [0.5, 0.6) is 11.5 Å². The second kappa shape index (κ2) is 9.45. The molecular weight excluding hydrogens is 368 g/mol. The summed E-state index contributed by atoms with van der Waals surface area (Å²) in [5.74, 6) is 1.61. The summed E-state index contributed by atoms with van der Waals surface area (Å²) in [6.07, 6.45) is 1.13. The van der Waals surface area contributed by atoms with Crippen molar-refractivity contribution in [2.24, 2.45) is 11.8 Å². The fraction of sp³-hybridized carbons (Fsp3) is 0.391. The van der Waals surface area contributed by atoms with Crippen molar-refractivity contribution in [3.8, 4) is 11.5 Å². The lowest BCUT2D eigenvalue weighted by Gasteiger charge is -2.35. The number of para-hydroxylation sites is 3. The average molecular weight is 396 g/mol. The van der Waals surface area contributed by atoms with E-state index in [1.165, 1.54) is 0 Å². The molecule has 2 aromatic carbocycles. The van der Waals surface area contributed by atoms with Crippen LogP contribution in [0.25, 0.3) is 0 Å². The molecule has 154 valence electrons. The Bertz CT molecular complexity index is 857. The number of likely N-dealkylation sites (tertiary alicyclic amines) is 1. The number of ether oxygens (including phenoxy) is 2. The first-order valence-corrected chi connectivity index (χ1v) is 9.92. The fourth-order valence-corrected chi connectivity index (χ4v) is 3.85. The molecule has 6 heteroatoms. The molecule has 0 aliphatic carbocycles. The third-order valence-corrected chi connectivity index (χ3v) is 5.02. The normalized spacial score (nSPS) is 18.8. The lowest BCUT2D eigenvalue weighted by atomic mass is 9.91. The van der Waals surface area contributed by atoms with Crippen molar-refractivity contribution in [3.63, 3.8) is 0 Å². The van der Waals surface area contributed by atoms with Crippen molar-refractivity contribution in [1.29, 1.82) is 0 Å². The smallest absolute Gasteiger partial charge is 0.262 e. The quantitative estimate of drug-likeness (QED) is 0.806. The average Bonchev–Trinajstić information content (AvgIpc) is 2.71. The van der Waals surface area contributed by atoms with Gasteiger partial charge in [-0.3, -0.25) is 9.59 Å². The molecule has 2 amide bonds. The Morgan fingerprint density at radius 2 is 1.62 bits per heavy atom. The van der Waals surface area contributed by atoms with Gasteiger partial charge in [0, 0.05) is 13.1 Å². The second-order valence-electron chi connectivity index (χ2n) is 7.69. The van der Waals surface area contributed by atoms with Gasteiger partial charge in [0.15, 0.2) is 18.1 Å². The van der Waals surface area contributed by atoms with Crippen LogP contribution in [0.1, 0.15) is 30.6 Å². The van der Waals surface area contributed by atoms with Crippen molar-refractivity contribution in [3.05, 3.63) is 54.1 Å². The van der Waals surface area contributed by atoms with Crippen LogP contribution < -0.4 is 14.8 Å². The molecule has 29 heavy (non-hydrogen) atoms. The van der Waals surface area contributed by atoms with Gasteiger partial charge < -0.3 is 19.7 Å². The van der Waals surface area contributed by atoms with Crippen molar-refractivity contribution in [1.82, 2.24) is 4.90 Å². The Labute approximate surface area is 171 Å². The first kappa shape index (κ1) is 20.7. The van der Waals surface area contributed by atoms with Crippen LogP contribution in [-0.4, -0.2) is 43.5 Å². The highest BCUT2D eigenvalue weighted by Gasteiger charge is 2.27. The van der Waals surface area contributed by atoms with E-state index in [1.807, 2.05) is 23.1 Å². The largest absolute Gasteiger partial charge is 0.493 e. The lowest BCUT2D eigenvalue weighted by molar-refractivity contribution is -0.118. The van der Waals surface area contributed by atoms with E-state index in [2.05, 4.69) is 19.2 Å². The summed E-state index contributed by atoms with van der Waals surface area (Å²) in [5, 5.41) is 2.81. The molecule has 1 saturated heterocycles. The van der Waals surface area contributed by atoms with E-state index < -0.39 is 0 Å². The van der Waals surface area contributed by atoms with Crippen molar-refractivity contribution in [2.75, 3.05) is 32.1 Å². The molecule has 2 unspecified atom stereocenters. The highest BCUT2D eigenvalue weighted by molar-refractivity contribution is 6.04. The standard InChI is InChI=1S/C23H28N2O4/c1-16-12-17(2)14-25(13-16)23(27)18-8-4-5-9-19(18)24-22(26)15-29-21-11-7-6-10-20(21)28-3/h4-11,16-17H,12-15H2,1-3H3,(H,24,26). The van der Waals surface area contributed by atoms with Gasteiger partial charge >= 0.3 is 0 Å².